The lowest BCUT2D eigenvalue weighted by molar-refractivity contribution is 0.0589. The van der Waals surface area contributed by atoms with Crippen LogP contribution >= 0.6 is 0 Å². The van der Waals surface area contributed by atoms with E-state index in [4.69, 9.17) is 19.0 Å². The third kappa shape index (κ3) is 3.72. The van der Waals surface area contributed by atoms with Gasteiger partial charge in [-0.1, -0.05) is 11.6 Å². The molecule has 3 fully saturated rings. The second kappa shape index (κ2) is 8.35. The van der Waals surface area contributed by atoms with Gasteiger partial charge in [0, 0.05) is 31.6 Å². The SMILES string of the molecule is COc1ccc(C(=O)N2CCC3(CC2)CC(c2noc(C4CCC4)n2)N(C)C3)c(OC)n1. The Kier molecular flexibility index (Phi) is 5.53. The standard InChI is InChI=1S/C23H31N5O4/c1-27-14-23(13-17(27)19-25-20(32-26-19)15-5-4-6-15)9-11-28(12-10-23)22(29)16-7-8-18(30-2)24-21(16)31-3/h7-8,15,17H,4-6,9-14H2,1-3H3. The number of amides is 1. The van der Waals surface area contributed by atoms with E-state index in [-0.39, 0.29) is 17.4 Å². The third-order valence-corrected chi connectivity index (χ3v) is 7.53. The van der Waals surface area contributed by atoms with Gasteiger partial charge >= 0.3 is 0 Å². The van der Waals surface area contributed by atoms with Crippen LogP contribution in [0.25, 0.3) is 0 Å². The fourth-order valence-corrected chi connectivity index (χ4v) is 5.33. The van der Waals surface area contributed by atoms with Crippen LogP contribution in [0.15, 0.2) is 16.7 Å². The van der Waals surface area contributed by atoms with Gasteiger partial charge in [-0.05, 0) is 50.6 Å². The van der Waals surface area contributed by atoms with Crippen molar-refractivity contribution in [2.75, 3.05) is 40.9 Å². The van der Waals surface area contributed by atoms with Crippen LogP contribution in [0.3, 0.4) is 0 Å². The summed E-state index contributed by atoms with van der Waals surface area (Å²) >= 11 is 0. The first-order valence-corrected chi connectivity index (χ1v) is 11.4. The Hall–Kier alpha value is -2.68. The molecule has 2 saturated heterocycles. The molecule has 0 N–H and O–H groups in total. The molecule has 9 heteroatoms. The van der Waals surface area contributed by atoms with Crippen LogP contribution in [0.5, 0.6) is 11.8 Å². The van der Waals surface area contributed by atoms with Crippen molar-refractivity contribution in [1.29, 1.82) is 0 Å². The van der Waals surface area contributed by atoms with Gasteiger partial charge in [0.2, 0.25) is 17.7 Å². The molecule has 1 spiro atoms. The van der Waals surface area contributed by atoms with Crippen molar-refractivity contribution in [2.24, 2.45) is 5.41 Å². The first kappa shape index (κ1) is 21.2. The van der Waals surface area contributed by atoms with E-state index in [1.807, 2.05) is 4.90 Å². The van der Waals surface area contributed by atoms with E-state index in [1.54, 1.807) is 19.2 Å². The first-order valence-electron chi connectivity index (χ1n) is 11.4. The van der Waals surface area contributed by atoms with Gasteiger partial charge in [0.25, 0.3) is 5.91 Å². The van der Waals surface area contributed by atoms with Gasteiger partial charge in [0.1, 0.15) is 5.56 Å². The summed E-state index contributed by atoms with van der Waals surface area (Å²) in [6, 6.07) is 3.61. The van der Waals surface area contributed by atoms with Gasteiger partial charge in [-0.2, -0.15) is 9.97 Å². The minimum atomic E-state index is -0.0435. The maximum Gasteiger partial charge on any atom is 0.259 e. The maximum atomic E-state index is 13.2. The number of aromatic nitrogens is 3. The van der Waals surface area contributed by atoms with Crippen molar-refractivity contribution in [1.82, 2.24) is 24.9 Å². The molecule has 3 aliphatic rings. The summed E-state index contributed by atoms with van der Waals surface area (Å²) in [7, 11) is 5.21. The largest absolute Gasteiger partial charge is 0.481 e. The molecular weight excluding hydrogens is 410 g/mol. The number of rotatable bonds is 5. The van der Waals surface area contributed by atoms with E-state index in [9.17, 15) is 4.79 Å². The Bertz CT molecular complexity index is 981. The van der Waals surface area contributed by atoms with E-state index in [0.29, 0.717) is 36.3 Å². The molecule has 9 nitrogen and oxygen atoms in total. The number of methoxy groups -OCH3 is 2. The Morgan fingerprint density at radius 3 is 2.59 bits per heavy atom. The molecule has 0 radical (unpaired) electrons. The molecule has 4 heterocycles. The second-order valence-electron chi connectivity index (χ2n) is 9.46. The van der Waals surface area contributed by atoms with Gasteiger partial charge in [0.05, 0.1) is 20.3 Å². The van der Waals surface area contributed by atoms with Crippen LogP contribution in [0.2, 0.25) is 0 Å². The highest BCUT2D eigenvalue weighted by Gasteiger charge is 2.47. The zero-order chi connectivity index (χ0) is 22.3. The van der Waals surface area contributed by atoms with Crippen LogP contribution in [0.1, 0.15) is 72.6 Å². The normalized spacial score (nSPS) is 23.3. The monoisotopic (exact) mass is 441 g/mol. The molecule has 1 aliphatic carbocycles. The summed E-state index contributed by atoms with van der Waals surface area (Å²) in [6.07, 6.45) is 6.48. The van der Waals surface area contributed by atoms with Crippen molar-refractivity contribution < 1.29 is 18.8 Å². The second-order valence-corrected chi connectivity index (χ2v) is 9.46. The summed E-state index contributed by atoms with van der Waals surface area (Å²) < 4.78 is 16.0. The number of nitrogens with zero attached hydrogens (tertiary/aromatic N) is 5. The number of carbonyl (C=O) groups is 1. The third-order valence-electron chi connectivity index (χ3n) is 7.53. The van der Waals surface area contributed by atoms with Gasteiger partial charge in [-0.25, -0.2) is 0 Å². The van der Waals surface area contributed by atoms with Crippen LogP contribution in [-0.4, -0.2) is 71.7 Å². The number of pyridine rings is 1. The maximum absolute atomic E-state index is 13.2. The molecule has 5 rings (SSSR count). The summed E-state index contributed by atoms with van der Waals surface area (Å²) in [4.78, 5) is 26.4. The van der Waals surface area contributed by atoms with Crippen LogP contribution in [-0.2, 0) is 0 Å². The topological polar surface area (TPSA) is 93.8 Å². The lowest BCUT2D eigenvalue weighted by atomic mass is 9.76. The van der Waals surface area contributed by atoms with Crippen LogP contribution < -0.4 is 9.47 Å². The summed E-state index contributed by atoms with van der Waals surface area (Å²) in [5.74, 6) is 2.77. The Labute approximate surface area is 188 Å². The average molecular weight is 442 g/mol. The molecule has 2 aromatic rings. The molecule has 2 aliphatic heterocycles. The highest BCUT2D eigenvalue weighted by Crippen LogP contribution is 2.48. The van der Waals surface area contributed by atoms with Gasteiger partial charge in [0.15, 0.2) is 5.82 Å². The molecule has 2 aromatic heterocycles. The number of likely N-dealkylation sites (tertiary alicyclic amines) is 2. The molecule has 172 valence electrons. The number of carbonyl (C=O) groups excluding carboxylic acids is 1. The molecule has 32 heavy (non-hydrogen) atoms. The van der Waals surface area contributed by atoms with Gasteiger partial charge in [-0.3, -0.25) is 9.69 Å². The van der Waals surface area contributed by atoms with Crippen molar-refractivity contribution in [3.63, 3.8) is 0 Å². The number of ether oxygens (including phenoxy) is 2. The van der Waals surface area contributed by atoms with Gasteiger partial charge in [-0.15, -0.1) is 0 Å². The molecule has 1 atom stereocenters. The lowest BCUT2D eigenvalue weighted by Gasteiger charge is -2.39. The minimum Gasteiger partial charge on any atom is -0.481 e. The van der Waals surface area contributed by atoms with E-state index >= 15 is 0 Å². The van der Waals surface area contributed by atoms with Gasteiger partial charge < -0.3 is 18.9 Å². The summed E-state index contributed by atoms with van der Waals surface area (Å²) in [5, 5.41) is 4.32. The minimum absolute atomic E-state index is 0.0435. The van der Waals surface area contributed by atoms with E-state index in [0.717, 1.165) is 50.4 Å². The summed E-state index contributed by atoms with van der Waals surface area (Å²) in [5.41, 5.74) is 0.649. The van der Waals surface area contributed by atoms with Crippen LogP contribution in [0.4, 0.5) is 0 Å². The quantitative estimate of drug-likeness (QED) is 0.699. The molecule has 0 aromatic carbocycles. The zero-order valence-electron chi connectivity index (χ0n) is 19.0. The predicted molar refractivity (Wildman–Crippen MR) is 116 cm³/mol. The van der Waals surface area contributed by atoms with Crippen molar-refractivity contribution in [2.45, 2.75) is 50.5 Å². The molecule has 1 amide bonds. The Morgan fingerprint density at radius 1 is 1.16 bits per heavy atom. The number of hydrogen-bond donors (Lipinski definition) is 0. The highest BCUT2D eigenvalue weighted by molar-refractivity contribution is 5.96. The molecule has 0 bridgehead atoms. The predicted octanol–water partition coefficient (Wildman–Crippen LogP) is 3.05. The highest BCUT2D eigenvalue weighted by atomic mass is 16.5. The van der Waals surface area contributed by atoms with Crippen LogP contribution in [0, 0.1) is 5.41 Å². The Morgan fingerprint density at radius 2 is 1.94 bits per heavy atom. The average Bonchev–Trinajstić information content (AvgIpc) is 3.36. The number of hydrogen-bond acceptors (Lipinski definition) is 8. The molecular formula is C23H31N5O4. The van der Waals surface area contributed by atoms with Crippen molar-refractivity contribution in [3.8, 4) is 11.8 Å². The van der Waals surface area contributed by atoms with Crippen molar-refractivity contribution in [3.05, 3.63) is 29.4 Å². The zero-order valence-corrected chi connectivity index (χ0v) is 19.0. The van der Waals surface area contributed by atoms with E-state index in [2.05, 4.69) is 22.1 Å². The smallest absolute Gasteiger partial charge is 0.259 e. The number of piperidine rings is 1. The fourth-order valence-electron chi connectivity index (χ4n) is 5.33. The summed E-state index contributed by atoms with van der Waals surface area (Å²) in [6.45, 7) is 2.42. The lowest BCUT2D eigenvalue weighted by Crippen LogP contribution is -2.44. The fraction of sp³-hybridized carbons (Fsp3) is 0.652. The van der Waals surface area contributed by atoms with Crippen molar-refractivity contribution >= 4 is 5.91 Å². The molecule has 1 saturated carbocycles. The Balaban J connectivity index is 1.24. The van der Waals surface area contributed by atoms with E-state index < -0.39 is 0 Å². The molecule has 1 unspecified atom stereocenters. The van der Waals surface area contributed by atoms with E-state index in [1.165, 1.54) is 13.5 Å². The first-order chi connectivity index (χ1) is 15.5.